The van der Waals surface area contributed by atoms with Crippen LogP contribution in [0.5, 0.6) is 5.75 Å². The van der Waals surface area contributed by atoms with Crippen molar-refractivity contribution in [1.82, 2.24) is 15.3 Å². The molecule has 5 heteroatoms. The molecule has 26 heavy (non-hydrogen) atoms. The van der Waals surface area contributed by atoms with Gasteiger partial charge in [-0.25, -0.2) is 9.97 Å². The number of amides is 1. The summed E-state index contributed by atoms with van der Waals surface area (Å²) < 4.78 is 5.76. The molecular weight excluding hydrogens is 326 g/mol. The lowest BCUT2D eigenvalue weighted by Gasteiger charge is -2.25. The van der Waals surface area contributed by atoms with Gasteiger partial charge in [0.25, 0.3) is 5.91 Å². The van der Waals surface area contributed by atoms with E-state index in [0.717, 1.165) is 17.7 Å². The van der Waals surface area contributed by atoms with Crippen molar-refractivity contribution in [3.8, 4) is 17.1 Å². The molecule has 4 rings (SSSR count). The summed E-state index contributed by atoms with van der Waals surface area (Å²) in [6, 6.07) is 17.7. The highest BCUT2D eigenvalue weighted by Gasteiger charge is 2.20. The number of aromatic nitrogens is 2. The Hall–Kier alpha value is -3.21. The number of nitrogens with zero attached hydrogens (tertiary/aromatic N) is 2. The van der Waals surface area contributed by atoms with Gasteiger partial charge in [-0.15, -0.1) is 0 Å². The van der Waals surface area contributed by atoms with Crippen molar-refractivity contribution in [2.45, 2.75) is 6.42 Å². The Balaban J connectivity index is 1.35. The third kappa shape index (κ3) is 3.57. The van der Waals surface area contributed by atoms with Gasteiger partial charge in [0.2, 0.25) is 0 Å². The van der Waals surface area contributed by atoms with Crippen LogP contribution in [0.25, 0.3) is 11.4 Å². The standard InChI is InChI=1S/C21H19N3O2/c25-21(18-12-22-20(23-13-18)16-6-2-1-3-7-16)24-11-15-10-17-8-4-5-9-19(17)26-14-15/h1-9,12-13,15H,10-11,14H2,(H,24,25)/t15-/m1/s1. The normalized spacial score (nSPS) is 15.6. The topological polar surface area (TPSA) is 64.1 Å². The molecule has 2 aromatic carbocycles. The van der Waals surface area contributed by atoms with Gasteiger partial charge in [-0.2, -0.15) is 0 Å². The number of ether oxygens (including phenoxy) is 1. The van der Waals surface area contributed by atoms with Crippen molar-refractivity contribution in [3.63, 3.8) is 0 Å². The van der Waals surface area contributed by atoms with Gasteiger partial charge >= 0.3 is 0 Å². The number of hydrogen-bond acceptors (Lipinski definition) is 4. The van der Waals surface area contributed by atoms with E-state index >= 15 is 0 Å². The molecule has 0 spiro atoms. The highest BCUT2D eigenvalue weighted by Crippen LogP contribution is 2.26. The molecule has 1 aromatic heterocycles. The van der Waals surface area contributed by atoms with Crippen LogP contribution in [0.3, 0.4) is 0 Å². The quantitative estimate of drug-likeness (QED) is 0.789. The van der Waals surface area contributed by atoms with E-state index < -0.39 is 0 Å². The lowest BCUT2D eigenvalue weighted by Crippen LogP contribution is -2.34. The van der Waals surface area contributed by atoms with Crippen LogP contribution in [0.15, 0.2) is 67.0 Å². The summed E-state index contributed by atoms with van der Waals surface area (Å²) in [6.07, 6.45) is 4.04. The Labute approximate surface area is 152 Å². The summed E-state index contributed by atoms with van der Waals surface area (Å²) in [5, 5.41) is 2.96. The summed E-state index contributed by atoms with van der Waals surface area (Å²) in [6.45, 7) is 1.17. The van der Waals surface area contributed by atoms with Crippen LogP contribution in [-0.2, 0) is 6.42 Å². The Kier molecular flexibility index (Phi) is 4.60. The molecule has 0 fully saturated rings. The summed E-state index contributed by atoms with van der Waals surface area (Å²) in [4.78, 5) is 20.9. The molecule has 1 aliphatic heterocycles. The Bertz CT molecular complexity index is 895. The van der Waals surface area contributed by atoms with Crippen LogP contribution < -0.4 is 10.1 Å². The SMILES string of the molecule is O=C(NC[C@@H]1COc2ccccc2C1)c1cnc(-c2ccccc2)nc1. The molecule has 0 radical (unpaired) electrons. The molecule has 0 bridgehead atoms. The van der Waals surface area contributed by atoms with E-state index in [0.29, 0.717) is 24.5 Å². The lowest BCUT2D eigenvalue weighted by atomic mass is 9.97. The largest absolute Gasteiger partial charge is 0.493 e. The first-order valence-electron chi connectivity index (χ1n) is 8.66. The van der Waals surface area contributed by atoms with Crippen molar-refractivity contribution in [2.75, 3.05) is 13.2 Å². The molecule has 5 nitrogen and oxygen atoms in total. The monoisotopic (exact) mass is 345 g/mol. The lowest BCUT2D eigenvalue weighted by molar-refractivity contribution is 0.0938. The van der Waals surface area contributed by atoms with Gasteiger partial charge in [0.05, 0.1) is 12.2 Å². The number of fused-ring (bicyclic) bond motifs is 1. The number of benzene rings is 2. The van der Waals surface area contributed by atoms with Crippen LogP contribution in [0.4, 0.5) is 0 Å². The van der Waals surface area contributed by atoms with Gasteiger partial charge in [0.1, 0.15) is 5.75 Å². The smallest absolute Gasteiger partial charge is 0.254 e. The molecule has 0 saturated heterocycles. The second-order valence-electron chi connectivity index (χ2n) is 6.36. The second kappa shape index (κ2) is 7.35. The second-order valence-corrected chi connectivity index (χ2v) is 6.36. The molecule has 0 unspecified atom stereocenters. The minimum absolute atomic E-state index is 0.163. The molecule has 3 aromatic rings. The molecule has 1 amide bonds. The molecule has 0 aliphatic carbocycles. The fourth-order valence-electron chi connectivity index (χ4n) is 3.04. The molecule has 0 saturated carbocycles. The van der Waals surface area contributed by atoms with Crippen LogP contribution in [-0.4, -0.2) is 29.0 Å². The highest BCUT2D eigenvalue weighted by atomic mass is 16.5. The van der Waals surface area contributed by atoms with Crippen molar-refractivity contribution in [2.24, 2.45) is 5.92 Å². The zero-order valence-corrected chi connectivity index (χ0v) is 14.3. The van der Waals surface area contributed by atoms with Gasteiger partial charge in [-0.3, -0.25) is 4.79 Å². The maximum atomic E-state index is 12.3. The average Bonchev–Trinajstić information content (AvgIpc) is 2.72. The van der Waals surface area contributed by atoms with Crippen molar-refractivity contribution < 1.29 is 9.53 Å². The van der Waals surface area contributed by atoms with E-state index in [2.05, 4.69) is 21.4 Å². The van der Waals surface area contributed by atoms with Gasteiger partial charge in [0, 0.05) is 30.4 Å². The zero-order valence-electron chi connectivity index (χ0n) is 14.3. The minimum Gasteiger partial charge on any atom is -0.493 e. The van der Waals surface area contributed by atoms with Crippen molar-refractivity contribution in [1.29, 1.82) is 0 Å². The Morgan fingerprint density at radius 1 is 1.04 bits per heavy atom. The van der Waals surface area contributed by atoms with E-state index in [1.54, 1.807) is 12.4 Å². The number of rotatable bonds is 4. The summed E-state index contributed by atoms with van der Waals surface area (Å²) >= 11 is 0. The van der Waals surface area contributed by atoms with Crippen LogP contribution >= 0.6 is 0 Å². The fourth-order valence-corrected chi connectivity index (χ4v) is 3.04. The van der Waals surface area contributed by atoms with Crippen LogP contribution in [0.1, 0.15) is 15.9 Å². The van der Waals surface area contributed by atoms with Crippen molar-refractivity contribution in [3.05, 3.63) is 78.1 Å². The van der Waals surface area contributed by atoms with E-state index in [1.165, 1.54) is 5.56 Å². The first-order chi connectivity index (χ1) is 12.8. The van der Waals surface area contributed by atoms with Gasteiger partial charge in [0.15, 0.2) is 5.82 Å². The molecular formula is C21H19N3O2. The van der Waals surface area contributed by atoms with Crippen molar-refractivity contribution >= 4 is 5.91 Å². The maximum Gasteiger partial charge on any atom is 0.254 e. The number of nitrogens with one attached hydrogen (secondary N) is 1. The molecule has 1 N–H and O–H groups in total. The van der Waals surface area contributed by atoms with E-state index in [1.807, 2.05) is 48.5 Å². The predicted molar refractivity (Wildman–Crippen MR) is 98.9 cm³/mol. The van der Waals surface area contributed by atoms with E-state index in [9.17, 15) is 4.79 Å². The summed E-state index contributed by atoms with van der Waals surface area (Å²) in [7, 11) is 0. The predicted octanol–water partition coefficient (Wildman–Crippen LogP) is 3.12. The Morgan fingerprint density at radius 3 is 2.58 bits per heavy atom. The third-order valence-corrected chi connectivity index (χ3v) is 4.45. The van der Waals surface area contributed by atoms with Gasteiger partial charge < -0.3 is 10.1 Å². The molecule has 2 heterocycles. The first kappa shape index (κ1) is 16.3. The number of para-hydroxylation sites is 1. The van der Waals surface area contributed by atoms with Gasteiger partial charge in [-0.05, 0) is 18.1 Å². The van der Waals surface area contributed by atoms with Gasteiger partial charge in [-0.1, -0.05) is 48.5 Å². The van der Waals surface area contributed by atoms with Crippen LogP contribution in [0.2, 0.25) is 0 Å². The molecule has 130 valence electrons. The number of carbonyl (C=O) groups excluding carboxylic acids is 1. The summed E-state index contributed by atoms with van der Waals surface area (Å²) in [5.74, 6) is 1.65. The molecule has 1 aliphatic rings. The van der Waals surface area contributed by atoms with E-state index in [-0.39, 0.29) is 11.8 Å². The maximum absolute atomic E-state index is 12.3. The third-order valence-electron chi connectivity index (χ3n) is 4.45. The Morgan fingerprint density at radius 2 is 1.77 bits per heavy atom. The number of hydrogen-bond donors (Lipinski definition) is 1. The summed E-state index contributed by atoms with van der Waals surface area (Å²) in [5.41, 5.74) is 2.58. The van der Waals surface area contributed by atoms with Crippen LogP contribution in [0, 0.1) is 5.92 Å². The fraction of sp³-hybridized carbons (Fsp3) is 0.190. The minimum atomic E-state index is -0.163. The number of carbonyl (C=O) groups is 1. The average molecular weight is 345 g/mol. The highest BCUT2D eigenvalue weighted by molar-refractivity contribution is 5.93. The zero-order chi connectivity index (χ0) is 17.8. The first-order valence-corrected chi connectivity index (χ1v) is 8.66. The molecule has 1 atom stereocenters. The van der Waals surface area contributed by atoms with E-state index in [4.69, 9.17) is 4.74 Å².